The van der Waals surface area contributed by atoms with Gasteiger partial charge in [0.15, 0.2) is 0 Å². The van der Waals surface area contributed by atoms with Crippen LogP contribution in [0.1, 0.15) is 24.1 Å². The molecule has 8 heteroatoms. The molecule has 0 radical (unpaired) electrons. The first-order valence-electron chi connectivity index (χ1n) is 10.7. The second kappa shape index (κ2) is 8.69. The standard InChI is InChI=1S/C25H21Cl2FN4O/c1-15-23(25(33)30-31-13-12-16-4-2-3-5-21(16)31)29-32(22-11-8-18(26)14-20(22)27)24(15)17-6-9-19(28)10-7-17/h2-11,14-15,24H,12-13H2,1H3,(H,30,33)/t15-,24+/m1/s1. The summed E-state index contributed by atoms with van der Waals surface area (Å²) in [6.07, 6.45) is 0.864. The highest BCUT2D eigenvalue weighted by Gasteiger charge is 2.40. The van der Waals surface area contributed by atoms with Crippen LogP contribution in [0.15, 0.2) is 71.8 Å². The maximum Gasteiger partial charge on any atom is 0.286 e. The summed E-state index contributed by atoms with van der Waals surface area (Å²) < 4.78 is 13.6. The van der Waals surface area contributed by atoms with Crippen LogP contribution in [0.4, 0.5) is 15.8 Å². The molecule has 168 valence electrons. The van der Waals surface area contributed by atoms with Crippen molar-refractivity contribution in [2.45, 2.75) is 19.4 Å². The van der Waals surface area contributed by atoms with Crippen molar-refractivity contribution >= 4 is 46.2 Å². The Morgan fingerprint density at radius 3 is 2.58 bits per heavy atom. The molecule has 0 aromatic heterocycles. The Kier molecular flexibility index (Phi) is 5.72. The minimum atomic E-state index is -0.337. The fraction of sp³-hybridized carbons (Fsp3) is 0.200. The molecular formula is C25H21Cl2FN4O. The van der Waals surface area contributed by atoms with Gasteiger partial charge >= 0.3 is 0 Å². The van der Waals surface area contributed by atoms with Crippen molar-refractivity contribution in [2.24, 2.45) is 11.0 Å². The highest BCUT2D eigenvalue weighted by molar-refractivity contribution is 6.41. The molecule has 0 aliphatic carbocycles. The van der Waals surface area contributed by atoms with E-state index in [1.165, 1.54) is 17.7 Å². The van der Waals surface area contributed by atoms with Gasteiger partial charge in [0.2, 0.25) is 0 Å². The van der Waals surface area contributed by atoms with Crippen LogP contribution in [0.5, 0.6) is 0 Å². The van der Waals surface area contributed by atoms with Gasteiger partial charge in [-0.2, -0.15) is 5.10 Å². The van der Waals surface area contributed by atoms with Gasteiger partial charge in [0.1, 0.15) is 11.5 Å². The fourth-order valence-corrected chi connectivity index (χ4v) is 4.97. The van der Waals surface area contributed by atoms with Crippen LogP contribution in [0.2, 0.25) is 10.0 Å². The molecule has 2 atom stereocenters. The number of hydrazine groups is 1. The lowest BCUT2D eigenvalue weighted by molar-refractivity contribution is -0.115. The minimum Gasteiger partial charge on any atom is -0.285 e. The van der Waals surface area contributed by atoms with Crippen LogP contribution in [0, 0.1) is 11.7 Å². The third kappa shape index (κ3) is 4.05. The third-order valence-corrected chi connectivity index (χ3v) is 6.65. The van der Waals surface area contributed by atoms with Crippen molar-refractivity contribution in [3.63, 3.8) is 0 Å². The number of carbonyl (C=O) groups excluding carboxylic acids is 1. The quantitative estimate of drug-likeness (QED) is 0.512. The Labute approximate surface area is 201 Å². The lowest BCUT2D eigenvalue weighted by Crippen LogP contribution is -2.45. The summed E-state index contributed by atoms with van der Waals surface area (Å²) in [6.45, 7) is 2.63. The SMILES string of the molecule is C[C@@H]1C(C(=O)NN2CCc3ccccc32)=NN(c2ccc(Cl)cc2Cl)[C@@H]1c1ccc(F)cc1. The van der Waals surface area contributed by atoms with Crippen molar-refractivity contribution in [2.75, 3.05) is 16.6 Å². The van der Waals surface area contributed by atoms with E-state index in [1.807, 2.05) is 30.1 Å². The van der Waals surface area contributed by atoms with Gasteiger partial charge in [-0.25, -0.2) is 4.39 Å². The summed E-state index contributed by atoms with van der Waals surface area (Å²) >= 11 is 12.6. The molecule has 3 aromatic rings. The van der Waals surface area contributed by atoms with Crippen LogP contribution < -0.4 is 15.4 Å². The molecular weight excluding hydrogens is 462 g/mol. The fourth-order valence-electron chi connectivity index (χ4n) is 4.48. The van der Waals surface area contributed by atoms with Crippen LogP contribution in [-0.2, 0) is 11.2 Å². The van der Waals surface area contributed by atoms with E-state index in [1.54, 1.807) is 35.3 Å². The second-order valence-electron chi connectivity index (χ2n) is 8.18. The van der Waals surface area contributed by atoms with Gasteiger partial charge in [0.05, 0.1) is 22.4 Å². The predicted molar refractivity (Wildman–Crippen MR) is 130 cm³/mol. The van der Waals surface area contributed by atoms with Crippen molar-refractivity contribution in [3.05, 3.63) is 93.7 Å². The van der Waals surface area contributed by atoms with E-state index in [9.17, 15) is 9.18 Å². The number of nitrogens with one attached hydrogen (secondary N) is 1. The molecule has 0 fully saturated rings. The van der Waals surface area contributed by atoms with Gasteiger partial charge in [0.25, 0.3) is 5.91 Å². The largest absolute Gasteiger partial charge is 0.286 e. The Balaban J connectivity index is 1.49. The zero-order chi connectivity index (χ0) is 23.1. The number of para-hydroxylation sites is 1. The number of carbonyl (C=O) groups is 1. The molecule has 1 amide bonds. The molecule has 3 aromatic carbocycles. The summed E-state index contributed by atoms with van der Waals surface area (Å²) in [4.78, 5) is 13.3. The topological polar surface area (TPSA) is 47.9 Å². The van der Waals surface area contributed by atoms with Crippen molar-refractivity contribution in [3.8, 4) is 0 Å². The molecule has 2 heterocycles. The van der Waals surface area contributed by atoms with Gasteiger partial charge in [0, 0.05) is 17.5 Å². The van der Waals surface area contributed by atoms with Gasteiger partial charge in [-0.3, -0.25) is 20.2 Å². The molecule has 5 nitrogen and oxygen atoms in total. The molecule has 1 N–H and O–H groups in total. The van der Waals surface area contributed by atoms with Gasteiger partial charge in [-0.15, -0.1) is 0 Å². The Morgan fingerprint density at radius 2 is 1.82 bits per heavy atom. The van der Waals surface area contributed by atoms with E-state index in [0.717, 1.165) is 17.7 Å². The number of rotatable bonds is 4. The Bertz CT molecular complexity index is 1250. The predicted octanol–water partition coefficient (Wildman–Crippen LogP) is 5.78. The van der Waals surface area contributed by atoms with Crippen molar-refractivity contribution in [1.29, 1.82) is 0 Å². The van der Waals surface area contributed by atoms with E-state index in [2.05, 4.69) is 11.5 Å². The van der Waals surface area contributed by atoms with Gasteiger partial charge < -0.3 is 0 Å². The molecule has 2 aliphatic heterocycles. The second-order valence-corrected chi connectivity index (χ2v) is 9.03. The molecule has 5 rings (SSSR count). The number of benzene rings is 3. The van der Waals surface area contributed by atoms with Crippen molar-refractivity contribution in [1.82, 2.24) is 5.43 Å². The third-order valence-electron chi connectivity index (χ3n) is 6.11. The monoisotopic (exact) mass is 482 g/mol. The Morgan fingerprint density at radius 1 is 1.06 bits per heavy atom. The molecule has 0 saturated carbocycles. The zero-order valence-electron chi connectivity index (χ0n) is 17.8. The number of anilines is 2. The summed E-state index contributed by atoms with van der Waals surface area (Å²) in [5.41, 5.74) is 7.01. The van der Waals surface area contributed by atoms with E-state index in [-0.39, 0.29) is 23.7 Å². The maximum atomic E-state index is 13.6. The smallest absolute Gasteiger partial charge is 0.285 e. The lowest BCUT2D eigenvalue weighted by Gasteiger charge is -2.27. The van der Waals surface area contributed by atoms with Gasteiger partial charge in [-0.1, -0.05) is 60.5 Å². The van der Waals surface area contributed by atoms with E-state index in [4.69, 9.17) is 28.3 Å². The number of hydrazone groups is 1. The van der Waals surface area contributed by atoms with E-state index in [0.29, 0.717) is 28.0 Å². The minimum absolute atomic E-state index is 0.278. The Hall–Kier alpha value is -3.09. The average molecular weight is 483 g/mol. The van der Waals surface area contributed by atoms with Crippen LogP contribution in [0.3, 0.4) is 0 Å². The molecule has 2 aliphatic rings. The molecule has 0 spiro atoms. The van der Waals surface area contributed by atoms with E-state index < -0.39 is 0 Å². The molecule has 33 heavy (non-hydrogen) atoms. The highest BCUT2D eigenvalue weighted by atomic mass is 35.5. The van der Waals surface area contributed by atoms with E-state index >= 15 is 0 Å². The normalized spacial score (nSPS) is 19.5. The van der Waals surface area contributed by atoms with Crippen LogP contribution in [0.25, 0.3) is 0 Å². The van der Waals surface area contributed by atoms with Crippen molar-refractivity contribution < 1.29 is 9.18 Å². The zero-order valence-corrected chi connectivity index (χ0v) is 19.3. The molecule has 0 saturated heterocycles. The number of nitrogens with zero attached hydrogens (tertiary/aromatic N) is 3. The number of halogens is 3. The van der Waals surface area contributed by atoms with Gasteiger partial charge in [-0.05, 0) is 53.9 Å². The summed E-state index contributed by atoms with van der Waals surface area (Å²) in [6, 6.07) is 19.0. The number of hydrogen-bond donors (Lipinski definition) is 1. The summed E-state index contributed by atoms with van der Waals surface area (Å²) in [5.74, 6) is -0.883. The average Bonchev–Trinajstić information content (AvgIpc) is 3.36. The van der Waals surface area contributed by atoms with Crippen LogP contribution in [-0.4, -0.2) is 18.2 Å². The highest BCUT2D eigenvalue weighted by Crippen LogP contribution is 2.42. The molecule has 0 unspecified atom stereocenters. The number of fused-ring (bicyclic) bond motifs is 1. The first-order chi connectivity index (χ1) is 15.9. The maximum absolute atomic E-state index is 13.6. The molecule has 0 bridgehead atoms. The number of hydrogen-bond acceptors (Lipinski definition) is 4. The first kappa shape index (κ1) is 21.7. The van der Waals surface area contributed by atoms with Crippen LogP contribution >= 0.6 is 23.2 Å². The lowest BCUT2D eigenvalue weighted by atomic mass is 9.91. The first-order valence-corrected chi connectivity index (χ1v) is 11.4. The number of amides is 1. The summed E-state index contributed by atoms with van der Waals surface area (Å²) in [5, 5.41) is 9.20. The summed E-state index contributed by atoms with van der Waals surface area (Å²) in [7, 11) is 0.